The number of nitriles is 1. The second-order valence-corrected chi connectivity index (χ2v) is 4.68. The molecular weight excluding hydrogens is 226 g/mol. The fourth-order valence-corrected chi connectivity index (χ4v) is 1.63. The van der Waals surface area contributed by atoms with Gasteiger partial charge >= 0.3 is 0 Å². The number of nitrogens with zero attached hydrogens (tertiary/aromatic N) is 4. The minimum Gasteiger partial charge on any atom is -0.367 e. The first kappa shape index (κ1) is 14.4. The number of hydrogen-bond donors (Lipinski definition) is 1. The van der Waals surface area contributed by atoms with Crippen molar-refractivity contribution in [3.8, 4) is 6.07 Å². The molecule has 5 nitrogen and oxygen atoms in total. The van der Waals surface area contributed by atoms with Crippen LogP contribution in [0.1, 0.15) is 29.7 Å². The molecule has 1 N–H and O–H groups in total. The number of aryl methyl sites for hydroxylation is 1. The fraction of sp³-hybridized carbons (Fsp3) is 0.615. The average Bonchev–Trinajstić information content (AvgIpc) is 2.33. The Kier molecular flexibility index (Phi) is 5.53. The van der Waals surface area contributed by atoms with Gasteiger partial charge in [0.1, 0.15) is 11.6 Å². The van der Waals surface area contributed by atoms with Crippen LogP contribution in [0.4, 0.5) is 5.82 Å². The molecule has 1 aromatic heterocycles. The van der Waals surface area contributed by atoms with E-state index in [1.165, 1.54) is 0 Å². The molecule has 0 saturated heterocycles. The summed E-state index contributed by atoms with van der Waals surface area (Å²) in [5.41, 5.74) is 2.32. The van der Waals surface area contributed by atoms with Gasteiger partial charge in [-0.1, -0.05) is 0 Å². The zero-order valence-corrected chi connectivity index (χ0v) is 11.6. The Morgan fingerprint density at radius 2 is 1.94 bits per heavy atom. The van der Waals surface area contributed by atoms with Crippen molar-refractivity contribution < 1.29 is 0 Å². The second kappa shape index (κ2) is 6.92. The molecule has 0 amide bonds. The molecule has 0 bridgehead atoms. The van der Waals surface area contributed by atoms with Gasteiger partial charge in [0.05, 0.1) is 5.69 Å². The lowest BCUT2D eigenvalue weighted by Gasteiger charge is -2.11. The Morgan fingerprint density at radius 3 is 2.56 bits per heavy atom. The first-order valence-corrected chi connectivity index (χ1v) is 6.19. The number of rotatable bonds is 6. The lowest BCUT2D eigenvalue weighted by Crippen LogP contribution is -2.15. The zero-order valence-electron chi connectivity index (χ0n) is 11.6. The highest BCUT2D eigenvalue weighted by Crippen LogP contribution is 2.16. The molecule has 0 aromatic carbocycles. The SMILES string of the molecule is Cc1nnc(NCCCCN(C)C)c(C#N)c1C. The standard InChI is InChI=1S/C13H21N5/c1-10-11(2)16-17-13(12(10)9-14)15-7-5-6-8-18(3)4/h5-8H2,1-4H3,(H,15,17). The van der Waals surface area contributed by atoms with Crippen LogP contribution in [0.15, 0.2) is 0 Å². The third kappa shape index (κ3) is 3.97. The molecular formula is C13H21N5. The van der Waals surface area contributed by atoms with E-state index < -0.39 is 0 Å². The molecule has 18 heavy (non-hydrogen) atoms. The number of nitrogens with one attached hydrogen (secondary N) is 1. The lowest BCUT2D eigenvalue weighted by molar-refractivity contribution is 0.396. The van der Waals surface area contributed by atoms with Gasteiger partial charge in [-0.05, 0) is 52.9 Å². The summed E-state index contributed by atoms with van der Waals surface area (Å²) in [7, 11) is 4.13. The molecule has 0 unspecified atom stereocenters. The lowest BCUT2D eigenvalue weighted by atomic mass is 10.1. The van der Waals surface area contributed by atoms with Gasteiger partial charge in [0, 0.05) is 6.54 Å². The topological polar surface area (TPSA) is 64.8 Å². The molecule has 0 atom stereocenters. The van der Waals surface area contributed by atoms with Crippen LogP contribution in [0.3, 0.4) is 0 Å². The van der Waals surface area contributed by atoms with Crippen LogP contribution >= 0.6 is 0 Å². The fourth-order valence-electron chi connectivity index (χ4n) is 1.63. The van der Waals surface area contributed by atoms with Crippen LogP contribution in [0.2, 0.25) is 0 Å². The molecule has 0 aliphatic carbocycles. The molecule has 1 heterocycles. The van der Waals surface area contributed by atoms with Crippen molar-refractivity contribution >= 4 is 5.82 Å². The van der Waals surface area contributed by atoms with Crippen molar-refractivity contribution in [3.05, 3.63) is 16.8 Å². The summed E-state index contributed by atoms with van der Waals surface area (Å²) in [6.07, 6.45) is 2.18. The maximum atomic E-state index is 9.13. The Balaban J connectivity index is 2.53. The number of unbranched alkanes of at least 4 members (excludes halogenated alkanes) is 1. The van der Waals surface area contributed by atoms with Crippen molar-refractivity contribution in [1.82, 2.24) is 15.1 Å². The smallest absolute Gasteiger partial charge is 0.166 e. The summed E-state index contributed by atoms with van der Waals surface area (Å²) in [6, 6.07) is 2.19. The van der Waals surface area contributed by atoms with Crippen molar-refractivity contribution in [2.75, 3.05) is 32.5 Å². The van der Waals surface area contributed by atoms with Crippen LogP contribution in [0, 0.1) is 25.2 Å². The first-order valence-electron chi connectivity index (χ1n) is 6.19. The highest BCUT2D eigenvalue weighted by Gasteiger charge is 2.09. The second-order valence-electron chi connectivity index (χ2n) is 4.68. The summed E-state index contributed by atoms with van der Waals surface area (Å²) in [6.45, 7) is 5.66. The van der Waals surface area contributed by atoms with Crippen LogP contribution < -0.4 is 5.32 Å². The highest BCUT2D eigenvalue weighted by atomic mass is 15.2. The first-order chi connectivity index (χ1) is 8.56. The maximum Gasteiger partial charge on any atom is 0.166 e. The highest BCUT2D eigenvalue weighted by molar-refractivity contribution is 5.55. The summed E-state index contributed by atoms with van der Waals surface area (Å²) >= 11 is 0. The van der Waals surface area contributed by atoms with E-state index in [9.17, 15) is 0 Å². The van der Waals surface area contributed by atoms with E-state index in [-0.39, 0.29) is 0 Å². The van der Waals surface area contributed by atoms with E-state index in [1.54, 1.807) is 0 Å². The third-order valence-corrected chi connectivity index (χ3v) is 2.89. The van der Waals surface area contributed by atoms with E-state index in [1.807, 2.05) is 13.8 Å². The molecule has 0 aliphatic rings. The summed E-state index contributed by atoms with van der Waals surface area (Å²) in [5.74, 6) is 0.602. The molecule has 0 fully saturated rings. The Bertz CT molecular complexity index is 434. The number of anilines is 1. The predicted octanol–water partition coefficient (Wildman–Crippen LogP) is 1.72. The van der Waals surface area contributed by atoms with Gasteiger partial charge in [0.25, 0.3) is 0 Å². The van der Waals surface area contributed by atoms with Crippen LogP contribution in [0.5, 0.6) is 0 Å². The van der Waals surface area contributed by atoms with Crippen LogP contribution in [-0.4, -0.2) is 42.3 Å². The molecule has 1 rings (SSSR count). The Labute approximate surface area is 109 Å². The monoisotopic (exact) mass is 247 g/mol. The van der Waals surface area contributed by atoms with Gasteiger partial charge in [0.2, 0.25) is 0 Å². The Hall–Kier alpha value is -1.67. The molecule has 98 valence electrons. The Morgan fingerprint density at radius 1 is 1.22 bits per heavy atom. The number of hydrogen-bond acceptors (Lipinski definition) is 5. The molecule has 1 aromatic rings. The molecule has 5 heteroatoms. The van der Waals surface area contributed by atoms with E-state index >= 15 is 0 Å². The quantitative estimate of drug-likeness (QED) is 0.775. The maximum absolute atomic E-state index is 9.13. The predicted molar refractivity (Wildman–Crippen MR) is 72.5 cm³/mol. The van der Waals surface area contributed by atoms with E-state index in [0.29, 0.717) is 11.4 Å². The van der Waals surface area contributed by atoms with Gasteiger partial charge < -0.3 is 10.2 Å². The van der Waals surface area contributed by atoms with Crippen LogP contribution in [-0.2, 0) is 0 Å². The average molecular weight is 247 g/mol. The molecule has 0 aliphatic heterocycles. The minimum absolute atomic E-state index is 0.602. The van der Waals surface area contributed by atoms with Gasteiger partial charge in [0.15, 0.2) is 5.82 Å². The van der Waals surface area contributed by atoms with Crippen LogP contribution in [0.25, 0.3) is 0 Å². The largest absolute Gasteiger partial charge is 0.367 e. The van der Waals surface area contributed by atoms with Crippen molar-refractivity contribution in [2.45, 2.75) is 26.7 Å². The molecule has 0 spiro atoms. The number of aromatic nitrogens is 2. The van der Waals surface area contributed by atoms with E-state index in [4.69, 9.17) is 5.26 Å². The van der Waals surface area contributed by atoms with Crippen molar-refractivity contribution in [2.24, 2.45) is 0 Å². The zero-order chi connectivity index (χ0) is 13.5. The van der Waals surface area contributed by atoms with E-state index in [0.717, 1.165) is 37.2 Å². The molecule has 0 radical (unpaired) electrons. The van der Waals surface area contributed by atoms with Crippen molar-refractivity contribution in [3.63, 3.8) is 0 Å². The van der Waals surface area contributed by atoms with Gasteiger partial charge in [-0.2, -0.15) is 10.4 Å². The van der Waals surface area contributed by atoms with Crippen molar-refractivity contribution in [1.29, 1.82) is 5.26 Å². The van der Waals surface area contributed by atoms with E-state index in [2.05, 4.69) is 40.6 Å². The van der Waals surface area contributed by atoms with Gasteiger partial charge in [-0.25, -0.2) is 0 Å². The van der Waals surface area contributed by atoms with Gasteiger partial charge in [-0.3, -0.25) is 0 Å². The normalized spacial score (nSPS) is 10.4. The molecule has 0 saturated carbocycles. The van der Waals surface area contributed by atoms with Gasteiger partial charge in [-0.15, -0.1) is 5.10 Å². The third-order valence-electron chi connectivity index (χ3n) is 2.89. The summed E-state index contributed by atoms with van der Waals surface area (Å²) < 4.78 is 0. The summed E-state index contributed by atoms with van der Waals surface area (Å²) in [4.78, 5) is 2.16. The summed E-state index contributed by atoms with van der Waals surface area (Å²) in [5, 5.41) is 20.4. The minimum atomic E-state index is 0.602.